The fraction of sp³-hybridized carbons (Fsp3) is 0.250. The van der Waals surface area contributed by atoms with Gasteiger partial charge < -0.3 is 19.2 Å². The maximum atomic E-state index is 12.8. The minimum atomic E-state index is -0.199. The lowest BCUT2D eigenvalue weighted by Gasteiger charge is -2.30. The Morgan fingerprint density at radius 3 is 2.52 bits per heavy atom. The second-order valence-corrected chi connectivity index (χ2v) is 7.59. The average molecular weight is 416 g/mol. The predicted octanol–water partition coefficient (Wildman–Crippen LogP) is 3.00. The molecule has 0 saturated carbocycles. The van der Waals surface area contributed by atoms with Crippen molar-refractivity contribution in [2.75, 3.05) is 31.2 Å². The van der Waals surface area contributed by atoms with E-state index in [1.54, 1.807) is 21.4 Å². The summed E-state index contributed by atoms with van der Waals surface area (Å²) in [5.41, 5.74) is 4.04. The van der Waals surface area contributed by atoms with Crippen LogP contribution in [0.15, 0.2) is 70.4 Å². The molecule has 0 amide bonds. The molecule has 0 bridgehead atoms. The minimum absolute atomic E-state index is 0.0203. The van der Waals surface area contributed by atoms with Crippen molar-refractivity contribution in [3.05, 3.63) is 81.6 Å². The van der Waals surface area contributed by atoms with Crippen molar-refractivity contribution in [3.63, 3.8) is 0 Å². The highest BCUT2D eigenvalue weighted by Crippen LogP contribution is 2.29. The third kappa shape index (κ3) is 3.37. The molecule has 31 heavy (non-hydrogen) atoms. The number of pyridine rings is 1. The van der Waals surface area contributed by atoms with Crippen LogP contribution in [0, 0.1) is 0 Å². The summed E-state index contributed by atoms with van der Waals surface area (Å²) in [4.78, 5) is 30.5. The molecule has 7 heteroatoms. The first-order chi connectivity index (χ1) is 15.2. The lowest BCUT2D eigenvalue weighted by atomic mass is 10.1. The number of aromatic amines is 1. The van der Waals surface area contributed by atoms with Crippen molar-refractivity contribution >= 4 is 16.6 Å². The highest BCUT2D eigenvalue weighted by molar-refractivity contribution is 5.93. The molecule has 3 heterocycles. The Morgan fingerprint density at radius 2 is 1.77 bits per heavy atom. The third-order valence-electron chi connectivity index (χ3n) is 5.85. The van der Waals surface area contributed by atoms with Gasteiger partial charge in [-0.25, -0.2) is 4.79 Å². The molecule has 1 N–H and O–H groups in total. The van der Waals surface area contributed by atoms with Crippen LogP contribution in [-0.4, -0.2) is 40.4 Å². The van der Waals surface area contributed by atoms with Crippen LogP contribution in [-0.2, 0) is 11.3 Å². The van der Waals surface area contributed by atoms with E-state index in [1.165, 1.54) is 0 Å². The number of benzene rings is 2. The number of morpholine rings is 1. The van der Waals surface area contributed by atoms with E-state index < -0.39 is 0 Å². The van der Waals surface area contributed by atoms with Gasteiger partial charge in [-0.1, -0.05) is 30.3 Å². The highest BCUT2D eigenvalue weighted by Gasteiger charge is 2.18. The predicted molar refractivity (Wildman–Crippen MR) is 122 cm³/mol. The van der Waals surface area contributed by atoms with Crippen molar-refractivity contribution in [1.82, 2.24) is 14.1 Å². The summed E-state index contributed by atoms with van der Waals surface area (Å²) >= 11 is 0. The monoisotopic (exact) mass is 416 g/mol. The minimum Gasteiger partial charge on any atom is -0.378 e. The molecule has 4 aromatic rings. The molecule has 0 atom stereocenters. The number of imidazole rings is 1. The molecule has 158 valence electrons. The third-order valence-corrected chi connectivity index (χ3v) is 5.85. The number of nitrogens with zero attached hydrogens (tertiary/aromatic N) is 3. The van der Waals surface area contributed by atoms with E-state index in [0.717, 1.165) is 46.6 Å². The Bertz CT molecular complexity index is 1350. The molecule has 5 rings (SSSR count). The Kier molecular flexibility index (Phi) is 4.95. The maximum Gasteiger partial charge on any atom is 0.330 e. The van der Waals surface area contributed by atoms with Crippen LogP contribution in [0.5, 0.6) is 0 Å². The summed E-state index contributed by atoms with van der Waals surface area (Å²) < 4.78 is 8.94. The number of ether oxygens (including phenoxy) is 1. The average Bonchev–Trinajstić information content (AvgIpc) is 3.21. The summed E-state index contributed by atoms with van der Waals surface area (Å²) in [5, 5.41) is 0.952. The van der Waals surface area contributed by atoms with Crippen LogP contribution in [0.2, 0.25) is 0 Å². The number of anilines is 1. The van der Waals surface area contributed by atoms with Gasteiger partial charge in [0.1, 0.15) is 0 Å². The number of nitrogens with one attached hydrogen (secondary N) is 1. The number of hydrogen-bond donors (Lipinski definition) is 1. The van der Waals surface area contributed by atoms with Crippen LogP contribution in [0.3, 0.4) is 0 Å². The zero-order valence-electron chi connectivity index (χ0n) is 17.4. The van der Waals surface area contributed by atoms with Gasteiger partial charge in [0.25, 0.3) is 5.56 Å². The molecule has 0 unspecified atom stereocenters. The SMILES string of the molecule is CCn1c(=O)cc(N2CCOCC2)c2cc(-n3c(-c4ccccc4)c[nH]c3=O)ccc21. The van der Waals surface area contributed by atoms with Gasteiger partial charge in [-0.3, -0.25) is 9.36 Å². The Morgan fingerprint density at radius 1 is 1.00 bits per heavy atom. The summed E-state index contributed by atoms with van der Waals surface area (Å²) in [5.74, 6) is 0. The van der Waals surface area contributed by atoms with Crippen molar-refractivity contribution in [2.45, 2.75) is 13.5 Å². The number of aryl methyl sites for hydroxylation is 1. The van der Waals surface area contributed by atoms with Gasteiger partial charge in [-0.05, 0) is 25.1 Å². The standard InChI is InChI=1S/C24H24N4O3/c1-2-27-20-9-8-18(28-22(16-25-24(28)30)17-6-4-3-5-7-17)14-19(20)21(15-23(27)29)26-10-12-31-13-11-26/h3-9,14-16H,2,10-13H2,1H3,(H,25,30). The van der Waals surface area contributed by atoms with Crippen molar-refractivity contribution < 1.29 is 4.74 Å². The quantitative estimate of drug-likeness (QED) is 0.555. The molecular weight excluding hydrogens is 392 g/mol. The largest absolute Gasteiger partial charge is 0.378 e. The second kappa shape index (κ2) is 7.92. The second-order valence-electron chi connectivity index (χ2n) is 7.59. The van der Waals surface area contributed by atoms with E-state index in [1.807, 2.05) is 55.5 Å². The molecule has 7 nitrogen and oxygen atoms in total. The van der Waals surface area contributed by atoms with E-state index in [2.05, 4.69) is 9.88 Å². The first-order valence-electron chi connectivity index (χ1n) is 10.5. The van der Waals surface area contributed by atoms with Gasteiger partial charge in [0.2, 0.25) is 0 Å². The molecule has 0 radical (unpaired) electrons. The number of fused-ring (bicyclic) bond motifs is 1. The number of aromatic nitrogens is 3. The molecule has 0 aliphatic carbocycles. The van der Waals surface area contributed by atoms with E-state index in [9.17, 15) is 9.59 Å². The van der Waals surface area contributed by atoms with E-state index in [0.29, 0.717) is 19.8 Å². The molecule has 1 aliphatic heterocycles. The highest BCUT2D eigenvalue weighted by atomic mass is 16.5. The smallest absolute Gasteiger partial charge is 0.330 e. The number of rotatable bonds is 4. The summed E-state index contributed by atoms with van der Waals surface area (Å²) in [6, 6.07) is 17.4. The van der Waals surface area contributed by atoms with Crippen molar-refractivity contribution in [1.29, 1.82) is 0 Å². The van der Waals surface area contributed by atoms with E-state index in [-0.39, 0.29) is 11.2 Å². The molecule has 1 fully saturated rings. The van der Waals surface area contributed by atoms with Gasteiger partial charge in [0.15, 0.2) is 0 Å². The van der Waals surface area contributed by atoms with Gasteiger partial charge >= 0.3 is 5.69 Å². The molecule has 0 spiro atoms. The summed E-state index contributed by atoms with van der Waals surface area (Å²) in [7, 11) is 0. The molecule has 1 saturated heterocycles. The van der Waals surface area contributed by atoms with Gasteiger partial charge in [0.05, 0.1) is 35.8 Å². The lowest BCUT2D eigenvalue weighted by Crippen LogP contribution is -2.37. The number of hydrogen-bond acceptors (Lipinski definition) is 4. The zero-order valence-corrected chi connectivity index (χ0v) is 17.4. The number of H-pyrrole nitrogens is 1. The molecule has 2 aromatic heterocycles. The lowest BCUT2D eigenvalue weighted by molar-refractivity contribution is 0.123. The fourth-order valence-electron chi connectivity index (χ4n) is 4.33. The van der Waals surface area contributed by atoms with Crippen LogP contribution in [0.1, 0.15) is 6.92 Å². The Balaban J connectivity index is 1.74. The van der Waals surface area contributed by atoms with Gasteiger partial charge in [-0.15, -0.1) is 0 Å². The van der Waals surface area contributed by atoms with Gasteiger partial charge in [-0.2, -0.15) is 0 Å². The maximum absolute atomic E-state index is 12.8. The van der Waals surface area contributed by atoms with Crippen LogP contribution in [0.25, 0.3) is 27.8 Å². The molecule has 1 aliphatic rings. The van der Waals surface area contributed by atoms with E-state index >= 15 is 0 Å². The summed E-state index contributed by atoms with van der Waals surface area (Å²) in [6.07, 6.45) is 1.73. The summed E-state index contributed by atoms with van der Waals surface area (Å²) in [6.45, 7) is 5.27. The van der Waals surface area contributed by atoms with Crippen molar-refractivity contribution in [3.8, 4) is 16.9 Å². The van der Waals surface area contributed by atoms with Crippen LogP contribution >= 0.6 is 0 Å². The van der Waals surface area contributed by atoms with Crippen LogP contribution in [0.4, 0.5) is 5.69 Å². The fourth-order valence-corrected chi connectivity index (χ4v) is 4.33. The zero-order chi connectivity index (χ0) is 21.4. The van der Waals surface area contributed by atoms with Crippen LogP contribution < -0.4 is 16.1 Å². The van der Waals surface area contributed by atoms with Gasteiger partial charge in [0, 0.05) is 42.8 Å². The Labute approximate surface area is 179 Å². The Hall–Kier alpha value is -3.58. The molecular formula is C24H24N4O3. The first kappa shape index (κ1) is 19.4. The normalized spacial score (nSPS) is 14.3. The van der Waals surface area contributed by atoms with E-state index in [4.69, 9.17) is 4.74 Å². The topological polar surface area (TPSA) is 72.3 Å². The first-order valence-corrected chi connectivity index (χ1v) is 10.5. The van der Waals surface area contributed by atoms with Crippen molar-refractivity contribution in [2.24, 2.45) is 0 Å². The molecule has 2 aromatic carbocycles.